The van der Waals surface area contributed by atoms with Crippen molar-refractivity contribution in [3.8, 4) is 11.5 Å². The van der Waals surface area contributed by atoms with Gasteiger partial charge in [0, 0.05) is 26.4 Å². The standard InChI is InChI=1S/C21H24N2O5S/c1-16(24)22-12-11-21(14-22)15-23(13-17-7-9-18(27-2)10-8-17)29(25,26)20-6-4-3-5-19(20)28-21/h3-10H,11-15H2,1-2H3. The molecule has 4 rings (SSSR count). The highest BCUT2D eigenvalue weighted by Gasteiger charge is 2.48. The van der Waals surface area contributed by atoms with Crippen LogP contribution >= 0.6 is 0 Å². The van der Waals surface area contributed by atoms with Crippen LogP contribution in [0.25, 0.3) is 0 Å². The zero-order chi connectivity index (χ0) is 20.6. The number of carbonyl (C=O) groups excluding carboxylic acids is 1. The summed E-state index contributed by atoms with van der Waals surface area (Å²) in [6.45, 7) is 2.83. The maximum atomic E-state index is 13.4. The van der Waals surface area contributed by atoms with Crippen LogP contribution in [0.3, 0.4) is 0 Å². The molecule has 29 heavy (non-hydrogen) atoms. The van der Waals surface area contributed by atoms with Gasteiger partial charge in [-0.15, -0.1) is 0 Å². The minimum Gasteiger partial charge on any atom is -0.497 e. The van der Waals surface area contributed by atoms with E-state index in [0.29, 0.717) is 31.0 Å². The largest absolute Gasteiger partial charge is 0.497 e. The lowest BCUT2D eigenvalue weighted by molar-refractivity contribution is -0.128. The molecule has 1 spiro atoms. The molecule has 154 valence electrons. The van der Waals surface area contributed by atoms with Gasteiger partial charge in [0.15, 0.2) is 0 Å². The molecule has 1 unspecified atom stereocenters. The normalized spacial score (nSPS) is 23.3. The van der Waals surface area contributed by atoms with Crippen LogP contribution in [0, 0.1) is 0 Å². The van der Waals surface area contributed by atoms with E-state index < -0.39 is 15.6 Å². The number of para-hydroxylation sites is 1. The maximum Gasteiger partial charge on any atom is 0.247 e. The number of carbonyl (C=O) groups is 1. The van der Waals surface area contributed by atoms with Gasteiger partial charge in [0.1, 0.15) is 22.0 Å². The predicted octanol–water partition coefficient (Wildman–Crippen LogP) is 2.27. The Hall–Kier alpha value is -2.58. The average molecular weight is 416 g/mol. The van der Waals surface area contributed by atoms with E-state index in [0.717, 1.165) is 5.56 Å². The molecule has 1 atom stereocenters. The number of hydrogen-bond acceptors (Lipinski definition) is 5. The summed E-state index contributed by atoms with van der Waals surface area (Å²) >= 11 is 0. The van der Waals surface area contributed by atoms with Crippen molar-refractivity contribution in [3.05, 3.63) is 54.1 Å². The fraction of sp³-hybridized carbons (Fsp3) is 0.381. The first kappa shape index (κ1) is 19.7. The second-order valence-electron chi connectivity index (χ2n) is 7.54. The van der Waals surface area contributed by atoms with Crippen molar-refractivity contribution in [2.75, 3.05) is 26.7 Å². The first-order chi connectivity index (χ1) is 13.8. The molecule has 0 radical (unpaired) electrons. The zero-order valence-electron chi connectivity index (χ0n) is 16.5. The molecule has 2 aromatic rings. The van der Waals surface area contributed by atoms with Crippen molar-refractivity contribution in [3.63, 3.8) is 0 Å². The molecule has 1 fully saturated rings. The minimum atomic E-state index is -3.76. The van der Waals surface area contributed by atoms with E-state index in [1.165, 1.54) is 11.2 Å². The third-order valence-electron chi connectivity index (χ3n) is 5.54. The molecular weight excluding hydrogens is 392 g/mol. The molecule has 0 aliphatic carbocycles. The lowest BCUT2D eigenvalue weighted by atomic mass is 10.0. The number of hydrogen-bond donors (Lipinski definition) is 0. The Balaban J connectivity index is 1.73. The smallest absolute Gasteiger partial charge is 0.247 e. The molecule has 8 heteroatoms. The summed E-state index contributed by atoms with van der Waals surface area (Å²) in [5, 5.41) is 0. The summed E-state index contributed by atoms with van der Waals surface area (Å²) in [4.78, 5) is 13.8. The molecule has 2 aliphatic heterocycles. The van der Waals surface area contributed by atoms with Crippen LogP contribution < -0.4 is 9.47 Å². The van der Waals surface area contributed by atoms with Crippen LogP contribution in [0.15, 0.2) is 53.4 Å². The highest BCUT2D eigenvalue weighted by molar-refractivity contribution is 7.89. The summed E-state index contributed by atoms with van der Waals surface area (Å²) in [6.07, 6.45) is 0.579. The van der Waals surface area contributed by atoms with Crippen molar-refractivity contribution in [1.82, 2.24) is 9.21 Å². The lowest BCUT2D eigenvalue weighted by Crippen LogP contribution is -2.49. The van der Waals surface area contributed by atoms with E-state index in [4.69, 9.17) is 9.47 Å². The minimum absolute atomic E-state index is 0.0347. The summed E-state index contributed by atoms with van der Waals surface area (Å²) in [7, 11) is -2.17. The number of ether oxygens (including phenoxy) is 2. The lowest BCUT2D eigenvalue weighted by Gasteiger charge is -2.31. The number of sulfonamides is 1. The predicted molar refractivity (Wildman–Crippen MR) is 107 cm³/mol. The quantitative estimate of drug-likeness (QED) is 0.767. The molecule has 1 amide bonds. The van der Waals surface area contributed by atoms with E-state index in [9.17, 15) is 13.2 Å². The molecule has 7 nitrogen and oxygen atoms in total. The van der Waals surface area contributed by atoms with Crippen LogP contribution in [-0.4, -0.2) is 55.9 Å². The number of benzene rings is 2. The van der Waals surface area contributed by atoms with Gasteiger partial charge in [-0.05, 0) is 29.8 Å². The number of methoxy groups -OCH3 is 1. The second-order valence-corrected chi connectivity index (χ2v) is 9.45. The van der Waals surface area contributed by atoms with Crippen molar-refractivity contribution >= 4 is 15.9 Å². The van der Waals surface area contributed by atoms with Crippen molar-refractivity contribution < 1.29 is 22.7 Å². The Morgan fingerprint density at radius 2 is 1.86 bits per heavy atom. The number of likely N-dealkylation sites (tertiary alicyclic amines) is 1. The van der Waals surface area contributed by atoms with Gasteiger partial charge in [-0.2, -0.15) is 4.31 Å². The highest BCUT2D eigenvalue weighted by Crippen LogP contribution is 2.39. The van der Waals surface area contributed by atoms with E-state index in [1.54, 1.807) is 36.3 Å². The monoisotopic (exact) mass is 416 g/mol. The Kier molecular flexibility index (Phi) is 5.00. The molecule has 2 aliphatic rings. The number of fused-ring (bicyclic) bond motifs is 1. The van der Waals surface area contributed by atoms with Gasteiger partial charge in [0.2, 0.25) is 15.9 Å². The summed E-state index contributed by atoms with van der Waals surface area (Å²) in [5.74, 6) is 1.02. The average Bonchev–Trinajstić information content (AvgIpc) is 3.09. The molecule has 0 bridgehead atoms. The first-order valence-corrected chi connectivity index (χ1v) is 10.9. The molecule has 0 saturated carbocycles. The van der Waals surface area contributed by atoms with Gasteiger partial charge in [-0.25, -0.2) is 8.42 Å². The fourth-order valence-electron chi connectivity index (χ4n) is 3.96. The SMILES string of the molecule is COc1ccc(CN2CC3(CCN(C(C)=O)C3)Oc3ccccc3S2(=O)=O)cc1. The van der Waals surface area contributed by atoms with Gasteiger partial charge in [0.25, 0.3) is 0 Å². The fourth-order valence-corrected chi connectivity index (χ4v) is 5.58. The molecule has 0 N–H and O–H groups in total. The molecule has 2 heterocycles. The van der Waals surface area contributed by atoms with E-state index in [2.05, 4.69) is 0 Å². The van der Waals surface area contributed by atoms with Crippen molar-refractivity contribution in [2.45, 2.75) is 30.4 Å². The molecular formula is C21H24N2O5S. The third-order valence-corrected chi connectivity index (χ3v) is 7.37. The third kappa shape index (κ3) is 3.70. The number of nitrogens with zero attached hydrogens (tertiary/aromatic N) is 2. The van der Waals surface area contributed by atoms with Crippen molar-refractivity contribution in [2.24, 2.45) is 0 Å². The molecule has 1 saturated heterocycles. The highest BCUT2D eigenvalue weighted by atomic mass is 32.2. The van der Waals surface area contributed by atoms with E-state index >= 15 is 0 Å². The Labute approximate surface area is 170 Å². The van der Waals surface area contributed by atoms with Gasteiger partial charge < -0.3 is 14.4 Å². The van der Waals surface area contributed by atoms with Gasteiger partial charge in [-0.3, -0.25) is 4.79 Å². The maximum absolute atomic E-state index is 13.4. The van der Waals surface area contributed by atoms with Crippen molar-refractivity contribution in [1.29, 1.82) is 0 Å². The second kappa shape index (κ2) is 7.35. The van der Waals surface area contributed by atoms with Crippen LogP contribution in [0.4, 0.5) is 0 Å². The van der Waals surface area contributed by atoms with Crippen LogP contribution in [0.1, 0.15) is 18.9 Å². The van der Waals surface area contributed by atoms with Gasteiger partial charge in [-0.1, -0.05) is 24.3 Å². The summed E-state index contributed by atoms with van der Waals surface area (Å²) in [6, 6.07) is 14.0. The van der Waals surface area contributed by atoms with Crippen LogP contribution in [0.5, 0.6) is 11.5 Å². The Morgan fingerprint density at radius 1 is 1.14 bits per heavy atom. The van der Waals surface area contributed by atoms with E-state index in [1.807, 2.05) is 24.3 Å². The van der Waals surface area contributed by atoms with Gasteiger partial charge >= 0.3 is 0 Å². The van der Waals surface area contributed by atoms with E-state index in [-0.39, 0.29) is 23.9 Å². The number of rotatable bonds is 3. The van der Waals surface area contributed by atoms with Gasteiger partial charge in [0.05, 0.1) is 20.2 Å². The topological polar surface area (TPSA) is 76.2 Å². The van der Waals surface area contributed by atoms with Crippen LogP contribution in [-0.2, 0) is 21.4 Å². The van der Waals surface area contributed by atoms with Crippen LogP contribution in [0.2, 0.25) is 0 Å². The number of amides is 1. The summed E-state index contributed by atoms with van der Waals surface area (Å²) in [5.41, 5.74) is 0.0861. The zero-order valence-corrected chi connectivity index (χ0v) is 17.3. The molecule has 2 aromatic carbocycles. The first-order valence-electron chi connectivity index (χ1n) is 9.50. The Morgan fingerprint density at radius 3 is 2.52 bits per heavy atom. The Bertz CT molecular complexity index is 1020. The summed E-state index contributed by atoms with van der Waals surface area (Å²) < 4.78 is 39.8. The molecule has 0 aromatic heterocycles.